The van der Waals surface area contributed by atoms with Gasteiger partial charge in [-0.05, 0) is 48.9 Å². The molecule has 37 heavy (non-hydrogen) atoms. The molecule has 1 amide bonds. The Morgan fingerprint density at radius 1 is 1.03 bits per heavy atom. The number of rotatable bonds is 8. The van der Waals surface area contributed by atoms with Crippen LogP contribution in [0.5, 0.6) is 5.75 Å². The van der Waals surface area contributed by atoms with E-state index in [2.05, 4.69) is 5.32 Å². The molecule has 0 aliphatic rings. The van der Waals surface area contributed by atoms with E-state index in [1.807, 2.05) is 0 Å². The fourth-order valence-electron chi connectivity index (χ4n) is 2.98. The number of aryl methyl sites for hydroxylation is 1. The largest absolute Gasteiger partial charge is 0.379 e. The van der Waals surface area contributed by atoms with Crippen LogP contribution < -0.4 is 9.50 Å². The van der Waals surface area contributed by atoms with Gasteiger partial charge >= 0.3 is 10.1 Å². The summed E-state index contributed by atoms with van der Waals surface area (Å²) in [6.45, 7) is 1.47. The number of nitrogens with one attached hydrogen (secondary N) is 1. The quantitative estimate of drug-likeness (QED) is 0.137. The zero-order valence-corrected chi connectivity index (χ0v) is 20.3. The molecule has 188 valence electrons. The van der Waals surface area contributed by atoms with Crippen LogP contribution in [-0.4, -0.2) is 24.2 Å². The lowest BCUT2D eigenvalue weighted by Gasteiger charge is -2.08. The van der Waals surface area contributed by atoms with Crippen molar-refractivity contribution in [1.82, 2.24) is 0 Å². The Labute approximate surface area is 214 Å². The molecule has 0 fully saturated rings. The van der Waals surface area contributed by atoms with Crippen LogP contribution in [0.1, 0.15) is 11.1 Å². The first kappa shape index (κ1) is 26.8. The van der Waals surface area contributed by atoms with Crippen molar-refractivity contribution in [2.45, 2.75) is 11.8 Å². The molecular formula is C23H15ClN4O8S. The highest BCUT2D eigenvalue weighted by atomic mass is 35.5. The highest BCUT2D eigenvalue weighted by Gasteiger charge is 2.22. The summed E-state index contributed by atoms with van der Waals surface area (Å²) in [7, 11) is -4.38. The summed E-state index contributed by atoms with van der Waals surface area (Å²) >= 11 is 5.75. The van der Waals surface area contributed by atoms with Crippen LogP contribution in [0.3, 0.4) is 0 Å². The van der Waals surface area contributed by atoms with Crippen LogP contribution >= 0.6 is 11.6 Å². The SMILES string of the molecule is Cc1ccc(S(=O)(=O)Oc2ccc(/C=C(\C#N)C(=O)Nc3ccc(Cl)c([N+](=O)[O-])c3)cc2)cc1[N+](=O)[O-]. The van der Waals surface area contributed by atoms with Gasteiger partial charge in [0.15, 0.2) is 0 Å². The zero-order valence-electron chi connectivity index (χ0n) is 18.7. The molecular weight excluding hydrogens is 528 g/mol. The van der Waals surface area contributed by atoms with E-state index in [-0.39, 0.29) is 33.3 Å². The molecule has 3 aromatic carbocycles. The summed E-state index contributed by atoms with van der Waals surface area (Å²) in [4.78, 5) is 32.8. The molecule has 0 radical (unpaired) electrons. The van der Waals surface area contributed by atoms with E-state index in [4.69, 9.17) is 15.8 Å². The Kier molecular flexibility index (Phi) is 7.86. The molecule has 0 spiro atoms. The Bertz CT molecular complexity index is 1600. The number of halogens is 1. The van der Waals surface area contributed by atoms with Gasteiger partial charge in [0.05, 0.1) is 9.85 Å². The molecule has 14 heteroatoms. The third kappa shape index (κ3) is 6.45. The lowest BCUT2D eigenvalue weighted by molar-refractivity contribution is -0.385. The van der Waals surface area contributed by atoms with E-state index in [1.165, 1.54) is 61.5 Å². The first-order chi connectivity index (χ1) is 17.4. The van der Waals surface area contributed by atoms with Crippen molar-refractivity contribution < 1.29 is 27.2 Å². The lowest BCUT2D eigenvalue weighted by atomic mass is 10.1. The molecule has 1 N–H and O–H groups in total. The van der Waals surface area contributed by atoms with Gasteiger partial charge in [0.1, 0.15) is 27.3 Å². The van der Waals surface area contributed by atoms with Crippen LogP contribution in [0.15, 0.2) is 71.1 Å². The Morgan fingerprint density at radius 2 is 1.68 bits per heavy atom. The number of hydrogen-bond acceptors (Lipinski definition) is 9. The number of anilines is 1. The molecule has 0 atom stereocenters. The van der Waals surface area contributed by atoms with E-state index in [0.29, 0.717) is 5.56 Å². The molecule has 0 heterocycles. The molecule has 0 unspecified atom stereocenters. The fourth-order valence-corrected chi connectivity index (χ4v) is 4.12. The zero-order chi connectivity index (χ0) is 27.3. The smallest absolute Gasteiger partial charge is 0.339 e. The summed E-state index contributed by atoms with van der Waals surface area (Å²) in [5.41, 5.74) is -0.469. The van der Waals surface area contributed by atoms with Crippen molar-refractivity contribution in [2.75, 3.05) is 5.32 Å². The lowest BCUT2D eigenvalue weighted by Crippen LogP contribution is -2.13. The van der Waals surface area contributed by atoms with Gasteiger partial charge in [-0.1, -0.05) is 29.8 Å². The minimum Gasteiger partial charge on any atom is -0.379 e. The van der Waals surface area contributed by atoms with Gasteiger partial charge in [-0.25, -0.2) is 0 Å². The molecule has 0 bridgehead atoms. The summed E-state index contributed by atoms with van der Waals surface area (Å²) in [5, 5.41) is 33.7. The van der Waals surface area contributed by atoms with Crippen LogP contribution in [0, 0.1) is 38.5 Å². The van der Waals surface area contributed by atoms with Gasteiger partial charge in [-0.3, -0.25) is 25.0 Å². The predicted octanol–water partition coefficient (Wildman–Crippen LogP) is 4.78. The Hall–Kier alpha value is -4.80. The summed E-state index contributed by atoms with van der Waals surface area (Å²) < 4.78 is 30.1. The third-order valence-corrected chi connectivity index (χ3v) is 6.39. The van der Waals surface area contributed by atoms with Gasteiger partial charge in [-0.2, -0.15) is 13.7 Å². The number of amides is 1. The average molecular weight is 543 g/mol. The maximum atomic E-state index is 12.5. The van der Waals surface area contributed by atoms with Crippen LogP contribution in [0.25, 0.3) is 6.08 Å². The maximum absolute atomic E-state index is 12.5. The number of benzene rings is 3. The van der Waals surface area contributed by atoms with Crippen molar-refractivity contribution in [3.8, 4) is 11.8 Å². The van der Waals surface area contributed by atoms with Crippen LogP contribution in [-0.2, 0) is 14.9 Å². The topological polar surface area (TPSA) is 183 Å². The normalized spacial score (nSPS) is 11.3. The number of nitriles is 1. The van der Waals surface area contributed by atoms with Crippen molar-refractivity contribution in [3.05, 3.63) is 103 Å². The average Bonchev–Trinajstić information content (AvgIpc) is 2.84. The van der Waals surface area contributed by atoms with Crippen molar-refractivity contribution in [1.29, 1.82) is 5.26 Å². The van der Waals surface area contributed by atoms with Crippen LogP contribution in [0.4, 0.5) is 17.1 Å². The number of hydrogen-bond donors (Lipinski definition) is 1. The van der Waals surface area contributed by atoms with Gasteiger partial charge < -0.3 is 9.50 Å². The van der Waals surface area contributed by atoms with E-state index < -0.39 is 36.5 Å². The first-order valence-electron chi connectivity index (χ1n) is 10.1. The molecule has 0 saturated heterocycles. The highest BCUT2D eigenvalue weighted by molar-refractivity contribution is 7.87. The molecule has 0 aromatic heterocycles. The molecule has 3 rings (SSSR count). The highest BCUT2D eigenvalue weighted by Crippen LogP contribution is 2.28. The fraction of sp³-hybridized carbons (Fsp3) is 0.0435. The van der Waals surface area contributed by atoms with Gasteiger partial charge in [0, 0.05) is 23.4 Å². The molecule has 12 nitrogen and oxygen atoms in total. The molecule has 0 saturated carbocycles. The van der Waals surface area contributed by atoms with Gasteiger partial charge in [0.25, 0.3) is 17.3 Å². The van der Waals surface area contributed by atoms with E-state index in [9.17, 15) is 38.7 Å². The molecule has 0 aliphatic heterocycles. The second-order valence-electron chi connectivity index (χ2n) is 7.36. The number of nitro groups is 2. The molecule has 3 aromatic rings. The van der Waals surface area contributed by atoms with Gasteiger partial charge in [0.2, 0.25) is 0 Å². The number of carbonyl (C=O) groups is 1. The minimum atomic E-state index is -4.38. The monoisotopic (exact) mass is 542 g/mol. The van der Waals surface area contributed by atoms with Crippen molar-refractivity contribution in [2.24, 2.45) is 0 Å². The summed E-state index contributed by atoms with van der Waals surface area (Å²) in [6, 6.07) is 14.0. The van der Waals surface area contributed by atoms with Crippen molar-refractivity contribution in [3.63, 3.8) is 0 Å². The van der Waals surface area contributed by atoms with Gasteiger partial charge in [-0.15, -0.1) is 0 Å². The molecule has 0 aliphatic carbocycles. The van der Waals surface area contributed by atoms with E-state index >= 15 is 0 Å². The number of nitro benzene ring substituents is 2. The maximum Gasteiger partial charge on any atom is 0.339 e. The first-order valence-corrected chi connectivity index (χ1v) is 11.9. The predicted molar refractivity (Wildman–Crippen MR) is 132 cm³/mol. The second kappa shape index (κ2) is 10.9. The summed E-state index contributed by atoms with van der Waals surface area (Å²) in [6.07, 6.45) is 1.21. The standard InChI is InChI=1S/C23H15ClN4O8S/c1-14-2-8-19(12-21(14)27(30)31)37(34,35)36-18-6-3-15(4-7-18)10-16(13-25)23(29)26-17-5-9-20(24)22(11-17)28(32)33/h2-12H,1H3,(H,26,29)/b16-10+. The summed E-state index contributed by atoms with van der Waals surface area (Å²) in [5.74, 6) is -0.959. The Balaban J connectivity index is 1.77. The number of carbonyl (C=O) groups excluding carboxylic acids is 1. The van der Waals surface area contributed by atoms with E-state index in [0.717, 1.165) is 12.1 Å². The Morgan fingerprint density at radius 3 is 2.27 bits per heavy atom. The minimum absolute atomic E-state index is 0.0487. The second-order valence-corrected chi connectivity index (χ2v) is 9.31. The van der Waals surface area contributed by atoms with Crippen molar-refractivity contribution >= 4 is 50.8 Å². The van der Waals surface area contributed by atoms with Crippen LogP contribution in [0.2, 0.25) is 5.02 Å². The van der Waals surface area contributed by atoms with E-state index in [1.54, 1.807) is 6.07 Å². The third-order valence-electron chi connectivity index (χ3n) is 4.83. The number of nitrogens with zero attached hydrogens (tertiary/aromatic N) is 3.